The Morgan fingerprint density at radius 3 is 2.25 bits per heavy atom. The van der Waals surface area contributed by atoms with Crippen molar-refractivity contribution < 1.29 is 27.1 Å². The molecule has 0 aromatic heterocycles. The van der Waals surface area contributed by atoms with E-state index in [0.717, 1.165) is 27.1 Å². The van der Waals surface area contributed by atoms with Gasteiger partial charge in [-0.2, -0.15) is 0 Å². The SMILES string of the molecule is COc1ccc(S(=O)(=O)N(CC(=O)NC(c2ccccc2)c2ccccc2C)c2ccc(F)c(Cl)c2)cc1OC. The number of rotatable bonds is 10. The van der Waals surface area contributed by atoms with Gasteiger partial charge in [-0.1, -0.05) is 66.2 Å². The first-order valence-electron chi connectivity index (χ1n) is 12.3. The van der Waals surface area contributed by atoms with Gasteiger partial charge < -0.3 is 14.8 Å². The van der Waals surface area contributed by atoms with E-state index >= 15 is 0 Å². The largest absolute Gasteiger partial charge is 0.493 e. The van der Waals surface area contributed by atoms with E-state index in [9.17, 15) is 17.6 Å². The summed E-state index contributed by atoms with van der Waals surface area (Å²) < 4.78 is 53.2. The molecule has 4 rings (SSSR count). The van der Waals surface area contributed by atoms with Crippen LogP contribution in [0.3, 0.4) is 0 Å². The summed E-state index contributed by atoms with van der Waals surface area (Å²) >= 11 is 6.01. The normalized spacial score (nSPS) is 11.9. The number of nitrogens with one attached hydrogen (secondary N) is 1. The standard InChI is InChI=1S/C30H28ClFN2O5S/c1-20-9-7-8-12-24(20)30(21-10-5-4-6-11-21)33-29(35)19-34(22-13-15-26(32)25(31)17-22)40(36,37)23-14-16-27(38-2)28(18-23)39-3/h4-18,30H,19H2,1-3H3,(H,33,35). The summed E-state index contributed by atoms with van der Waals surface area (Å²) in [7, 11) is -1.54. The number of sulfonamides is 1. The molecule has 0 heterocycles. The second kappa shape index (κ2) is 12.4. The highest BCUT2D eigenvalue weighted by Gasteiger charge is 2.30. The Bertz CT molecular complexity index is 1620. The third kappa shape index (κ3) is 6.21. The summed E-state index contributed by atoms with van der Waals surface area (Å²) in [6.07, 6.45) is 0. The Hall–Kier alpha value is -4.08. The van der Waals surface area contributed by atoms with E-state index in [0.29, 0.717) is 5.75 Å². The fraction of sp³-hybridized carbons (Fsp3) is 0.167. The van der Waals surface area contributed by atoms with Crippen LogP contribution in [0.25, 0.3) is 0 Å². The number of carbonyl (C=O) groups is 1. The zero-order valence-electron chi connectivity index (χ0n) is 22.1. The minimum atomic E-state index is -4.35. The molecule has 0 bridgehead atoms. The lowest BCUT2D eigenvalue weighted by Crippen LogP contribution is -2.42. The number of methoxy groups -OCH3 is 2. The van der Waals surface area contributed by atoms with Crippen LogP contribution >= 0.6 is 11.6 Å². The van der Waals surface area contributed by atoms with Crippen molar-refractivity contribution in [1.82, 2.24) is 5.32 Å². The van der Waals surface area contributed by atoms with Crippen LogP contribution in [0.1, 0.15) is 22.7 Å². The minimum Gasteiger partial charge on any atom is -0.493 e. The number of ether oxygens (including phenoxy) is 2. The lowest BCUT2D eigenvalue weighted by atomic mass is 9.95. The summed E-state index contributed by atoms with van der Waals surface area (Å²) in [5.41, 5.74) is 2.66. The van der Waals surface area contributed by atoms with Gasteiger partial charge in [0.1, 0.15) is 12.4 Å². The molecular formula is C30H28ClFN2O5S. The minimum absolute atomic E-state index is 0.0171. The average molecular weight is 583 g/mol. The molecule has 0 spiro atoms. The molecule has 0 saturated heterocycles. The van der Waals surface area contributed by atoms with Crippen LogP contribution in [-0.2, 0) is 14.8 Å². The Morgan fingerprint density at radius 2 is 1.60 bits per heavy atom. The highest BCUT2D eigenvalue weighted by atomic mass is 35.5. The monoisotopic (exact) mass is 582 g/mol. The van der Waals surface area contributed by atoms with Gasteiger partial charge in [0.25, 0.3) is 10.0 Å². The third-order valence-electron chi connectivity index (χ3n) is 6.36. The smallest absolute Gasteiger partial charge is 0.264 e. The quantitative estimate of drug-likeness (QED) is 0.251. The van der Waals surface area contributed by atoms with Crippen molar-refractivity contribution >= 4 is 33.2 Å². The third-order valence-corrected chi connectivity index (χ3v) is 8.42. The van der Waals surface area contributed by atoms with Crippen molar-refractivity contribution in [3.05, 3.63) is 119 Å². The van der Waals surface area contributed by atoms with E-state index in [1.54, 1.807) is 0 Å². The maximum absolute atomic E-state index is 14.0. The molecule has 0 aliphatic carbocycles. The highest BCUT2D eigenvalue weighted by molar-refractivity contribution is 7.92. The molecule has 4 aromatic carbocycles. The first-order valence-corrected chi connectivity index (χ1v) is 14.1. The summed E-state index contributed by atoms with van der Waals surface area (Å²) in [5, 5.41) is 2.70. The molecule has 1 N–H and O–H groups in total. The number of halogens is 2. The van der Waals surface area contributed by atoms with Gasteiger partial charge >= 0.3 is 0 Å². The molecule has 4 aromatic rings. The molecule has 40 heavy (non-hydrogen) atoms. The van der Waals surface area contributed by atoms with Crippen LogP contribution in [0.5, 0.6) is 11.5 Å². The maximum Gasteiger partial charge on any atom is 0.264 e. The lowest BCUT2D eigenvalue weighted by Gasteiger charge is -2.27. The number of hydrogen-bond donors (Lipinski definition) is 1. The Morgan fingerprint density at radius 1 is 0.925 bits per heavy atom. The fourth-order valence-electron chi connectivity index (χ4n) is 4.29. The number of amides is 1. The van der Waals surface area contributed by atoms with Gasteiger partial charge in [-0.3, -0.25) is 9.10 Å². The topological polar surface area (TPSA) is 84.9 Å². The molecular weight excluding hydrogens is 555 g/mol. The van der Waals surface area contributed by atoms with E-state index in [1.807, 2.05) is 61.5 Å². The summed E-state index contributed by atoms with van der Waals surface area (Å²) in [4.78, 5) is 13.4. The van der Waals surface area contributed by atoms with E-state index in [-0.39, 0.29) is 21.4 Å². The van der Waals surface area contributed by atoms with Crippen LogP contribution in [0.2, 0.25) is 5.02 Å². The van der Waals surface area contributed by atoms with Gasteiger partial charge in [-0.25, -0.2) is 12.8 Å². The van der Waals surface area contributed by atoms with Crippen molar-refractivity contribution in [1.29, 1.82) is 0 Å². The molecule has 0 radical (unpaired) electrons. The first-order chi connectivity index (χ1) is 19.1. The van der Waals surface area contributed by atoms with Crippen molar-refractivity contribution in [3.63, 3.8) is 0 Å². The molecule has 0 aliphatic rings. The van der Waals surface area contributed by atoms with E-state index in [4.69, 9.17) is 21.1 Å². The van der Waals surface area contributed by atoms with Crippen molar-refractivity contribution in [3.8, 4) is 11.5 Å². The second-order valence-corrected chi connectivity index (χ2v) is 11.2. The van der Waals surface area contributed by atoms with Gasteiger partial charge in [0, 0.05) is 6.07 Å². The Balaban J connectivity index is 1.75. The number of nitrogens with zero attached hydrogens (tertiary/aromatic N) is 1. The lowest BCUT2D eigenvalue weighted by molar-refractivity contribution is -0.120. The number of hydrogen-bond acceptors (Lipinski definition) is 5. The Kier molecular flexibility index (Phi) is 8.96. The van der Waals surface area contributed by atoms with E-state index in [2.05, 4.69) is 5.32 Å². The molecule has 0 aliphatic heterocycles. The predicted molar refractivity (Wildman–Crippen MR) is 153 cm³/mol. The van der Waals surface area contributed by atoms with Crippen molar-refractivity contribution in [2.75, 3.05) is 25.1 Å². The summed E-state index contributed by atoms with van der Waals surface area (Å²) in [6, 6.07) is 24.0. The van der Waals surface area contributed by atoms with Crippen LogP contribution < -0.4 is 19.1 Å². The second-order valence-electron chi connectivity index (χ2n) is 8.89. The van der Waals surface area contributed by atoms with Gasteiger partial charge in [0.15, 0.2) is 11.5 Å². The average Bonchev–Trinajstić information content (AvgIpc) is 2.96. The molecule has 1 atom stereocenters. The van der Waals surface area contributed by atoms with Gasteiger partial charge in [-0.05, 0) is 53.9 Å². The molecule has 208 valence electrons. The first kappa shape index (κ1) is 28.9. The van der Waals surface area contributed by atoms with Crippen LogP contribution in [-0.4, -0.2) is 35.1 Å². The molecule has 0 fully saturated rings. The predicted octanol–water partition coefficient (Wildman–Crippen LogP) is 5.91. The molecule has 7 nitrogen and oxygen atoms in total. The van der Waals surface area contributed by atoms with Crippen LogP contribution in [0.4, 0.5) is 10.1 Å². The molecule has 1 unspecified atom stereocenters. The van der Waals surface area contributed by atoms with Crippen LogP contribution in [0, 0.1) is 12.7 Å². The zero-order chi connectivity index (χ0) is 28.9. The van der Waals surface area contributed by atoms with E-state index < -0.39 is 34.3 Å². The van der Waals surface area contributed by atoms with Gasteiger partial charge in [0.2, 0.25) is 5.91 Å². The van der Waals surface area contributed by atoms with E-state index in [1.165, 1.54) is 44.6 Å². The summed E-state index contributed by atoms with van der Waals surface area (Å²) in [6.45, 7) is 1.33. The van der Waals surface area contributed by atoms with Gasteiger partial charge in [-0.15, -0.1) is 0 Å². The number of anilines is 1. The number of aryl methyl sites for hydroxylation is 1. The number of benzene rings is 4. The molecule has 0 saturated carbocycles. The zero-order valence-corrected chi connectivity index (χ0v) is 23.7. The Labute approximate surface area is 238 Å². The van der Waals surface area contributed by atoms with Crippen molar-refractivity contribution in [2.45, 2.75) is 17.9 Å². The molecule has 1 amide bonds. The van der Waals surface area contributed by atoms with Crippen LogP contribution in [0.15, 0.2) is 95.9 Å². The van der Waals surface area contributed by atoms with Gasteiger partial charge in [0.05, 0.1) is 35.9 Å². The maximum atomic E-state index is 14.0. The highest BCUT2D eigenvalue weighted by Crippen LogP contribution is 2.33. The summed E-state index contributed by atoms with van der Waals surface area (Å²) in [5.74, 6) is -0.781. The number of carbonyl (C=O) groups excluding carboxylic acids is 1. The van der Waals surface area contributed by atoms with Crippen molar-refractivity contribution in [2.24, 2.45) is 0 Å². The molecule has 10 heteroatoms. The fourth-order valence-corrected chi connectivity index (χ4v) is 5.90.